The SMILES string of the molecule is O=C(OCc1nc(-c2ccsc2)no1)c1cc(Cl)sc1Cl. The van der Waals surface area contributed by atoms with Crippen molar-refractivity contribution < 1.29 is 14.1 Å². The fourth-order valence-corrected chi connectivity index (χ4v) is 3.58. The number of thiophene rings is 2. The summed E-state index contributed by atoms with van der Waals surface area (Å²) in [5.74, 6) is 0.0827. The van der Waals surface area contributed by atoms with Gasteiger partial charge in [-0.1, -0.05) is 28.4 Å². The van der Waals surface area contributed by atoms with Crippen LogP contribution in [0.4, 0.5) is 0 Å². The molecule has 0 atom stereocenters. The summed E-state index contributed by atoms with van der Waals surface area (Å²) in [7, 11) is 0. The molecule has 3 heterocycles. The number of halogens is 2. The molecule has 0 aliphatic carbocycles. The van der Waals surface area contributed by atoms with E-state index in [0.29, 0.717) is 10.2 Å². The molecule has 21 heavy (non-hydrogen) atoms. The van der Waals surface area contributed by atoms with E-state index < -0.39 is 5.97 Å². The summed E-state index contributed by atoms with van der Waals surface area (Å²) >= 11 is 14.3. The highest BCUT2D eigenvalue weighted by Gasteiger charge is 2.17. The number of rotatable bonds is 4. The van der Waals surface area contributed by atoms with Gasteiger partial charge in [0.15, 0.2) is 6.61 Å². The van der Waals surface area contributed by atoms with E-state index in [1.165, 1.54) is 17.4 Å². The highest BCUT2D eigenvalue weighted by atomic mass is 35.5. The zero-order chi connectivity index (χ0) is 14.8. The van der Waals surface area contributed by atoms with E-state index in [4.69, 9.17) is 32.5 Å². The zero-order valence-electron chi connectivity index (χ0n) is 10.2. The van der Waals surface area contributed by atoms with Gasteiger partial charge in [-0.3, -0.25) is 0 Å². The average Bonchev–Trinajstić information content (AvgIpc) is 3.15. The highest BCUT2D eigenvalue weighted by molar-refractivity contribution is 7.20. The van der Waals surface area contributed by atoms with Crippen LogP contribution in [0.2, 0.25) is 8.67 Å². The predicted molar refractivity (Wildman–Crippen MR) is 81.1 cm³/mol. The van der Waals surface area contributed by atoms with E-state index in [1.807, 2.05) is 16.8 Å². The number of hydrogen-bond acceptors (Lipinski definition) is 7. The molecule has 0 N–H and O–H groups in total. The molecule has 3 aromatic rings. The van der Waals surface area contributed by atoms with Gasteiger partial charge in [0.05, 0.1) is 9.90 Å². The third-order valence-electron chi connectivity index (χ3n) is 2.45. The van der Waals surface area contributed by atoms with Gasteiger partial charge in [-0.05, 0) is 17.5 Å². The Bertz CT molecular complexity index is 767. The Balaban J connectivity index is 1.65. The number of esters is 1. The van der Waals surface area contributed by atoms with Crippen LogP contribution in [0.25, 0.3) is 11.4 Å². The fraction of sp³-hybridized carbons (Fsp3) is 0.0833. The second-order valence-electron chi connectivity index (χ2n) is 3.84. The molecule has 0 bridgehead atoms. The Morgan fingerprint density at radius 1 is 1.43 bits per heavy atom. The molecule has 3 rings (SSSR count). The van der Waals surface area contributed by atoms with Crippen LogP contribution in [0, 0.1) is 0 Å². The monoisotopic (exact) mass is 360 g/mol. The molecule has 0 aliphatic heterocycles. The van der Waals surface area contributed by atoms with Crippen molar-refractivity contribution in [2.75, 3.05) is 0 Å². The van der Waals surface area contributed by atoms with Gasteiger partial charge in [0.2, 0.25) is 5.82 Å². The molecule has 0 spiro atoms. The summed E-state index contributed by atoms with van der Waals surface area (Å²) in [5, 5.41) is 7.62. The van der Waals surface area contributed by atoms with Gasteiger partial charge in [-0.2, -0.15) is 16.3 Å². The molecule has 3 aromatic heterocycles. The van der Waals surface area contributed by atoms with E-state index in [9.17, 15) is 4.79 Å². The third kappa shape index (κ3) is 3.26. The Labute approximate surface area is 137 Å². The standard InChI is InChI=1S/C12H6Cl2N2O3S2/c13-8-3-7(10(14)21-8)12(17)18-4-9-15-11(16-19-9)6-1-2-20-5-6/h1-3,5H,4H2. The van der Waals surface area contributed by atoms with Gasteiger partial charge in [0.1, 0.15) is 4.34 Å². The van der Waals surface area contributed by atoms with Crippen LogP contribution in [0.1, 0.15) is 16.2 Å². The summed E-state index contributed by atoms with van der Waals surface area (Å²) in [6.07, 6.45) is 0. The number of ether oxygens (including phenoxy) is 1. The molecule has 0 saturated carbocycles. The lowest BCUT2D eigenvalue weighted by Gasteiger charge is -1.99. The van der Waals surface area contributed by atoms with Crippen LogP contribution >= 0.6 is 45.9 Å². The first-order chi connectivity index (χ1) is 10.1. The van der Waals surface area contributed by atoms with Crippen LogP contribution in [0.3, 0.4) is 0 Å². The van der Waals surface area contributed by atoms with E-state index >= 15 is 0 Å². The maximum atomic E-state index is 11.8. The number of carbonyl (C=O) groups is 1. The second-order valence-corrected chi connectivity index (χ2v) is 6.90. The Kier molecular flexibility index (Phi) is 4.25. The fourth-order valence-electron chi connectivity index (χ4n) is 1.51. The van der Waals surface area contributed by atoms with Gasteiger partial charge in [-0.25, -0.2) is 4.79 Å². The molecular formula is C12H6Cl2N2O3S2. The molecule has 108 valence electrons. The lowest BCUT2D eigenvalue weighted by atomic mass is 10.3. The first-order valence-corrected chi connectivity index (χ1v) is 8.12. The van der Waals surface area contributed by atoms with Gasteiger partial charge in [0.25, 0.3) is 5.89 Å². The number of carbonyl (C=O) groups excluding carboxylic acids is 1. The zero-order valence-corrected chi connectivity index (χ0v) is 13.4. The summed E-state index contributed by atoms with van der Waals surface area (Å²) in [5.41, 5.74) is 1.08. The minimum absolute atomic E-state index is 0.125. The molecule has 5 nitrogen and oxygen atoms in total. The van der Waals surface area contributed by atoms with Crippen LogP contribution in [-0.4, -0.2) is 16.1 Å². The first kappa shape index (κ1) is 14.5. The van der Waals surface area contributed by atoms with E-state index in [2.05, 4.69) is 10.1 Å². The molecule has 9 heteroatoms. The van der Waals surface area contributed by atoms with Gasteiger partial charge < -0.3 is 9.26 Å². The van der Waals surface area contributed by atoms with Gasteiger partial charge >= 0.3 is 5.97 Å². The molecular weight excluding hydrogens is 355 g/mol. The molecule has 0 aliphatic rings. The Morgan fingerprint density at radius 2 is 2.29 bits per heavy atom. The lowest BCUT2D eigenvalue weighted by Crippen LogP contribution is -2.04. The minimum atomic E-state index is -0.585. The maximum Gasteiger partial charge on any atom is 0.341 e. The first-order valence-electron chi connectivity index (χ1n) is 5.60. The smallest absolute Gasteiger partial charge is 0.341 e. The van der Waals surface area contributed by atoms with Crippen molar-refractivity contribution in [1.82, 2.24) is 10.1 Å². The quantitative estimate of drug-likeness (QED) is 0.639. The normalized spacial score (nSPS) is 10.8. The van der Waals surface area contributed by atoms with Crippen LogP contribution < -0.4 is 0 Å². The maximum absolute atomic E-state index is 11.8. The van der Waals surface area contributed by atoms with E-state index in [1.54, 1.807) is 0 Å². The highest BCUT2D eigenvalue weighted by Crippen LogP contribution is 2.31. The van der Waals surface area contributed by atoms with Gasteiger partial charge in [0, 0.05) is 10.9 Å². The molecule has 0 fully saturated rings. The predicted octanol–water partition coefficient (Wildman–Crippen LogP) is 4.52. The minimum Gasteiger partial charge on any atom is -0.452 e. The summed E-state index contributed by atoms with van der Waals surface area (Å²) in [6, 6.07) is 3.33. The summed E-state index contributed by atoms with van der Waals surface area (Å²) in [6.45, 7) is -0.125. The van der Waals surface area contributed by atoms with E-state index in [0.717, 1.165) is 16.9 Å². The lowest BCUT2D eigenvalue weighted by molar-refractivity contribution is 0.0430. The summed E-state index contributed by atoms with van der Waals surface area (Å²) < 4.78 is 10.8. The van der Waals surface area contributed by atoms with Crippen molar-refractivity contribution in [2.45, 2.75) is 6.61 Å². The van der Waals surface area contributed by atoms with Crippen LogP contribution in [0.15, 0.2) is 27.4 Å². The van der Waals surface area contributed by atoms with Crippen molar-refractivity contribution in [3.63, 3.8) is 0 Å². The summed E-state index contributed by atoms with van der Waals surface area (Å²) in [4.78, 5) is 16.0. The van der Waals surface area contributed by atoms with E-state index in [-0.39, 0.29) is 22.4 Å². The molecule has 0 unspecified atom stereocenters. The molecule has 0 saturated heterocycles. The third-order valence-corrected chi connectivity index (χ3v) is 4.62. The van der Waals surface area contributed by atoms with Crippen molar-refractivity contribution in [2.24, 2.45) is 0 Å². The number of nitrogens with zero attached hydrogens (tertiary/aromatic N) is 2. The van der Waals surface area contributed by atoms with Gasteiger partial charge in [-0.15, -0.1) is 11.3 Å². The Morgan fingerprint density at radius 3 is 2.95 bits per heavy atom. The van der Waals surface area contributed by atoms with Crippen molar-refractivity contribution >= 4 is 51.8 Å². The van der Waals surface area contributed by atoms with Crippen LogP contribution in [-0.2, 0) is 11.3 Å². The molecule has 0 amide bonds. The van der Waals surface area contributed by atoms with Crippen molar-refractivity contribution in [3.05, 3.63) is 43.0 Å². The molecule has 0 radical (unpaired) electrons. The Hall–Kier alpha value is -1.41. The van der Waals surface area contributed by atoms with Crippen molar-refractivity contribution in [3.8, 4) is 11.4 Å². The second kappa shape index (κ2) is 6.15. The number of aromatic nitrogens is 2. The number of hydrogen-bond donors (Lipinski definition) is 0. The largest absolute Gasteiger partial charge is 0.452 e. The topological polar surface area (TPSA) is 65.2 Å². The van der Waals surface area contributed by atoms with Crippen molar-refractivity contribution in [1.29, 1.82) is 0 Å². The van der Waals surface area contributed by atoms with Crippen LogP contribution in [0.5, 0.6) is 0 Å². The molecule has 0 aromatic carbocycles. The average molecular weight is 361 g/mol.